The molecule has 0 unspecified atom stereocenters. The second-order valence-electron chi connectivity index (χ2n) is 7.27. The molecule has 1 saturated carbocycles. The first kappa shape index (κ1) is 20.4. The zero-order valence-electron chi connectivity index (χ0n) is 16.2. The minimum atomic E-state index is -0.589. The molecule has 152 valence electrons. The summed E-state index contributed by atoms with van der Waals surface area (Å²) < 4.78 is 0. The summed E-state index contributed by atoms with van der Waals surface area (Å²) >= 11 is 0. The fourth-order valence-corrected chi connectivity index (χ4v) is 3.44. The molecule has 0 atom stereocenters. The number of carbonyl (C=O) groups is 3. The van der Waals surface area contributed by atoms with Gasteiger partial charge in [-0.3, -0.25) is 9.59 Å². The predicted octanol–water partition coefficient (Wildman–Crippen LogP) is 2.91. The second-order valence-corrected chi connectivity index (χ2v) is 7.27. The summed E-state index contributed by atoms with van der Waals surface area (Å²) in [6.07, 6.45) is 4.15. The number of primary amides is 1. The van der Waals surface area contributed by atoms with E-state index in [1.165, 1.54) is 0 Å². The van der Waals surface area contributed by atoms with Crippen LogP contribution in [0.3, 0.4) is 0 Å². The number of rotatable bonds is 7. The molecule has 2 aromatic carbocycles. The number of hydrogen-bond acceptors (Lipinski definition) is 3. The normalized spacial score (nSPS) is 13.7. The van der Waals surface area contributed by atoms with E-state index in [0.717, 1.165) is 42.5 Å². The molecule has 4 amide bonds. The van der Waals surface area contributed by atoms with Crippen LogP contribution in [0.25, 0.3) is 0 Å². The van der Waals surface area contributed by atoms with Gasteiger partial charge in [0.25, 0.3) is 5.91 Å². The molecule has 0 spiro atoms. The Bertz CT molecular complexity index is 874. The van der Waals surface area contributed by atoms with Crippen LogP contribution in [-0.4, -0.2) is 17.8 Å². The van der Waals surface area contributed by atoms with E-state index in [1.807, 2.05) is 24.3 Å². The molecule has 29 heavy (non-hydrogen) atoms. The smallest absolute Gasteiger partial charge is 0.312 e. The number of amides is 4. The van der Waals surface area contributed by atoms with Crippen LogP contribution in [0, 0.1) is 5.92 Å². The molecule has 3 rings (SSSR count). The van der Waals surface area contributed by atoms with Gasteiger partial charge in [0.1, 0.15) is 0 Å². The maximum absolute atomic E-state index is 12.4. The standard InChI is InChI=1S/C22H26N4O3/c23-22(29)25-13-15-8-10-18(11-9-15)20(27)24-14-16-4-3-7-19(12-16)26-21(28)17-5-1-2-6-17/h3-4,7-12,17H,1-2,5-6,13-14H2,(H,24,27)(H,26,28)(H3,23,25,29). The van der Waals surface area contributed by atoms with E-state index < -0.39 is 6.03 Å². The predicted molar refractivity (Wildman–Crippen MR) is 111 cm³/mol. The number of urea groups is 1. The van der Waals surface area contributed by atoms with E-state index in [1.54, 1.807) is 24.3 Å². The molecule has 2 aromatic rings. The molecule has 0 saturated heterocycles. The molecule has 0 radical (unpaired) electrons. The van der Waals surface area contributed by atoms with Crippen molar-refractivity contribution < 1.29 is 14.4 Å². The van der Waals surface area contributed by atoms with Gasteiger partial charge in [0.2, 0.25) is 5.91 Å². The molecule has 7 heteroatoms. The number of nitrogens with one attached hydrogen (secondary N) is 3. The van der Waals surface area contributed by atoms with Crippen molar-refractivity contribution in [2.24, 2.45) is 11.7 Å². The van der Waals surface area contributed by atoms with Crippen LogP contribution in [0.15, 0.2) is 48.5 Å². The highest BCUT2D eigenvalue weighted by molar-refractivity contribution is 5.94. The molecule has 5 N–H and O–H groups in total. The van der Waals surface area contributed by atoms with Crippen molar-refractivity contribution in [2.45, 2.75) is 38.8 Å². The fraction of sp³-hybridized carbons (Fsp3) is 0.318. The van der Waals surface area contributed by atoms with Crippen LogP contribution in [0.2, 0.25) is 0 Å². The lowest BCUT2D eigenvalue weighted by Gasteiger charge is -2.12. The van der Waals surface area contributed by atoms with Gasteiger partial charge in [-0.1, -0.05) is 37.1 Å². The molecular weight excluding hydrogens is 368 g/mol. The molecule has 7 nitrogen and oxygen atoms in total. The highest BCUT2D eigenvalue weighted by atomic mass is 16.2. The van der Waals surface area contributed by atoms with Gasteiger partial charge in [-0.25, -0.2) is 4.79 Å². The number of nitrogens with two attached hydrogens (primary N) is 1. The lowest BCUT2D eigenvalue weighted by Crippen LogP contribution is -2.28. The summed E-state index contributed by atoms with van der Waals surface area (Å²) in [6, 6.07) is 13.9. The lowest BCUT2D eigenvalue weighted by atomic mass is 10.1. The van der Waals surface area contributed by atoms with Crippen molar-refractivity contribution >= 4 is 23.5 Å². The van der Waals surface area contributed by atoms with E-state index >= 15 is 0 Å². The Morgan fingerprint density at radius 3 is 2.28 bits per heavy atom. The molecule has 0 bridgehead atoms. The van der Waals surface area contributed by atoms with Crippen LogP contribution in [-0.2, 0) is 17.9 Å². The summed E-state index contributed by atoms with van der Waals surface area (Å²) in [4.78, 5) is 35.4. The molecule has 1 fully saturated rings. The summed E-state index contributed by atoms with van der Waals surface area (Å²) in [6.45, 7) is 0.674. The Kier molecular flexibility index (Phi) is 6.84. The van der Waals surface area contributed by atoms with Crippen molar-refractivity contribution in [1.29, 1.82) is 0 Å². The van der Waals surface area contributed by atoms with Gasteiger partial charge < -0.3 is 21.7 Å². The maximum atomic E-state index is 12.4. The summed E-state index contributed by atoms with van der Waals surface area (Å²) in [5.74, 6) is -0.00564. The first-order valence-corrected chi connectivity index (χ1v) is 9.81. The summed E-state index contributed by atoms with van der Waals surface area (Å²) in [5, 5.41) is 8.36. The molecule has 1 aliphatic rings. The minimum absolute atomic E-state index is 0.0783. The SMILES string of the molecule is NC(=O)NCc1ccc(C(=O)NCc2cccc(NC(=O)C3CCCC3)c2)cc1. The Balaban J connectivity index is 1.52. The van der Waals surface area contributed by atoms with Crippen LogP contribution < -0.4 is 21.7 Å². The number of carbonyl (C=O) groups excluding carboxylic acids is 3. The largest absolute Gasteiger partial charge is 0.352 e. The van der Waals surface area contributed by atoms with Gasteiger partial charge in [0.05, 0.1) is 0 Å². The average molecular weight is 394 g/mol. The van der Waals surface area contributed by atoms with Gasteiger partial charge in [-0.15, -0.1) is 0 Å². The lowest BCUT2D eigenvalue weighted by molar-refractivity contribution is -0.119. The first-order chi connectivity index (χ1) is 14.0. The number of hydrogen-bond donors (Lipinski definition) is 4. The molecular formula is C22H26N4O3. The van der Waals surface area contributed by atoms with Gasteiger partial charge in [0.15, 0.2) is 0 Å². The third-order valence-electron chi connectivity index (χ3n) is 5.06. The third kappa shape index (κ3) is 6.07. The summed E-state index contributed by atoms with van der Waals surface area (Å²) in [5.41, 5.74) is 8.08. The van der Waals surface area contributed by atoms with E-state index in [0.29, 0.717) is 18.7 Å². The topological polar surface area (TPSA) is 113 Å². The Labute approximate surface area is 170 Å². The van der Waals surface area contributed by atoms with Gasteiger partial charge in [0, 0.05) is 30.3 Å². The van der Waals surface area contributed by atoms with E-state index in [4.69, 9.17) is 5.73 Å². The number of benzene rings is 2. The quantitative estimate of drug-likeness (QED) is 0.579. The Hall–Kier alpha value is -3.35. The van der Waals surface area contributed by atoms with E-state index in [2.05, 4.69) is 16.0 Å². The van der Waals surface area contributed by atoms with Gasteiger partial charge in [-0.2, -0.15) is 0 Å². The highest BCUT2D eigenvalue weighted by Crippen LogP contribution is 2.26. The molecule has 0 heterocycles. The van der Waals surface area contributed by atoms with E-state index in [-0.39, 0.29) is 17.7 Å². The molecule has 0 aliphatic heterocycles. The highest BCUT2D eigenvalue weighted by Gasteiger charge is 2.22. The zero-order chi connectivity index (χ0) is 20.6. The second kappa shape index (κ2) is 9.73. The van der Waals surface area contributed by atoms with E-state index in [9.17, 15) is 14.4 Å². The zero-order valence-corrected chi connectivity index (χ0v) is 16.2. The number of anilines is 1. The van der Waals surface area contributed by atoms with Crippen LogP contribution in [0.4, 0.5) is 10.5 Å². The summed E-state index contributed by atoms with van der Waals surface area (Å²) in [7, 11) is 0. The van der Waals surface area contributed by atoms with Crippen molar-refractivity contribution in [3.63, 3.8) is 0 Å². The van der Waals surface area contributed by atoms with Crippen molar-refractivity contribution in [1.82, 2.24) is 10.6 Å². The van der Waals surface area contributed by atoms with Gasteiger partial charge >= 0.3 is 6.03 Å². The van der Waals surface area contributed by atoms with Crippen molar-refractivity contribution in [2.75, 3.05) is 5.32 Å². The minimum Gasteiger partial charge on any atom is -0.352 e. The van der Waals surface area contributed by atoms with Crippen molar-refractivity contribution in [3.8, 4) is 0 Å². The fourth-order valence-electron chi connectivity index (χ4n) is 3.44. The Morgan fingerprint density at radius 2 is 1.59 bits per heavy atom. The monoisotopic (exact) mass is 394 g/mol. The average Bonchev–Trinajstić information content (AvgIpc) is 3.26. The maximum Gasteiger partial charge on any atom is 0.312 e. The van der Waals surface area contributed by atoms with Crippen molar-refractivity contribution in [3.05, 3.63) is 65.2 Å². The van der Waals surface area contributed by atoms with Gasteiger partial charge in [-0.05, 0) is 48.2 Å². The van der Waals surface area contributed by atoms with Crippen LogP contribution in [0.1, 0.15) is 47.2 Å². The molecule has 0 aromatic heterocycles. The Morgan fingerprint density at radius 1 is 0.897 bits per heavy atom. The van der Waals surface area contributed by atoms with Crippen LogP contribution >= 0.6 is 0 Å². The van der Waals surface area contributed by atoms with Crippen LogP contribution in [0.5, 0.6) is 0 Å². The first-order valence-electron chi connectivity index (χ1n) is 9.81. The third-order valence-corrected chi connectivity index (χ3v) is 5.06. The molecule has 1 aliphatic carbocycles.